The molecule has 1 amide bonds. The van der Waals surface area contributed by atoms with E-state index in [1.165, 1.54) is 0 Å². The van der Waals surface area contributed by atoms with Crippen molar-refractivity contribution < 1.29 is 23.8 Å². The maximum Gasteiger partial charge on any atom is 0.303 e. The molecule has 9 nitrogen and oxygen atoms in total. The van der Waals surface area contributed by atoms with E-state index in [-0.39, 0.29) is 23.7 Å². The molecule has 5 rings (SSSR count). The Balaban J connectivity index is 1.38. The number of carboxylic acid groups (broad SMARTS) is 1. The van der Waals surface area contributed by atoms with Crippen LogP contribution in [-0.2, 0) is 21.4 Å². The van der Waals surface area contributed by atoms with Gasteiger partial charge in [0.1, 0.15) is 5.75 Å². The number of nitriles is 1. The SMILES string of the molecule is Cc1nnc(-c2ccc3c(c2)[C@]2(CCO3)CC2C(=O)Nc2cc(C#N)ccc2CCCC(=O)O)o1. The van der Waals surface area contributed by atoms with Gasteiger partial charge in [-0.05, 0) is 61.6 Å². The van der Waals surface area contributed by atoms with Gasteiger partial charge in [0.25, 0.3) is 0 Å². The standard InChI is InChI=1S/C26H24N4O5/c1-15-29-30-25(35-15)18-7-8-22-19(12-18)26(9-10-34-22)13-20(26)24(33)28-21-11-16(14-27)5-6-17(21)3-2-4-23(31)32/h5-8,11-12,20H,2-4,9-10,13H2,1H3,(H,28,33)(H,31,32)/t20?,26-/m0/s1. The topological polar surface area (TPSA) is 138 Å². The highest BCUT2D eigenvalue weighted by atomic mass is 16.5. The predicted molar refractivity (Wildman–Crippen MR) is 125 cm³/mol. The molecular formula is C26H24N4O5. The molecule has 1 saturated carbocycles. The molecule has 1 aromatic heterocycles. The van der Waals surface area contributed by atoms with Gasteiger partial charge in [-0.2, -0.15) is 5.26 Å². The van der Waals surface area contributed by atoms with E-state index in [1.807, 2.05) is 18.2 Å². The Bertz CT molecular complexity index is 1360. The Morgan fingerprint density at radius 2 is 2.11 bits per heavy atom. The maximum atomic E-state index is 13.4. The minimum atomic E-state index is -0.864. The first-order valence-corrected chi connectivity index (χ1v) is 11.5. The lowest BCUT2D eigenvalue weighted by Gasteiger charge is -2.27. The number of amides is 1. The quantitative estimate of drug-likeness (QED) is 0.526. The van der Waals surface area contributed by atoms with E-state index >= 15 is 0 Å². The molecule has 178 valence electrons. The summed E-state index contributed by atoms with van der Waals surface area (Å²) in [5.41, 5.74) is 3.22. The molecule has 1 aliphatic heterocycles. The van der Waals surface area contributed by atoms with Crippen molar-refractivity contribution in [1.82, 2.24) is 10.2 Å². The molecule has 2 atom stereocenters. The average molecular weight is 473 g/mol. The fraction of sp³-hybridized carbons (Fsp3) is 0.346. The molecule has 1 aliphatic carbocycles. The van der Waals surface area contributed by atoms with E-state index in [0.29, 0.717) is 55.3 Å². The number of aryl methyl sites for hydroxylation is 2. The van der Waals surface area contributed by atoms with Crippen LogP contribution in [0.2, 0.25) is 0 Å². The van der Waals surface area contributed by atoms with E-state index in [0.717, 1.165) is 22.4 Å². The summed E-state index contributed by atoms with van der Waals surface area (Å²) in [4.78, 5) is 24.3. The summed E-state index contributed by atoms with van der Waals surface area (Å²) in [5.74, 6) is 0.428. The smallest absolute Gasteiger partial charge is 0.303 e. The number of ether oxygens (including phenoxy) is 1. The van der Waals surface area contributed by atoms with Crippen molar-refractivity contribution in [3.8, 4) is 23.3 Å². The second-order valence-corrected chi connectivity index (χ2v) is 9.07. The average Bonchev–Trinajstić information content (AvgIpc) is 3.40. The Morgan fingerprint density at radius 1 is 1.26 bits per heavy atom. The van der Waals surface area contributed by atoms with E-state index in [4.69, 9.17) is 14.3 Å². The van der Waals surface area contributed by atoms with Crippen LogP contribution in [-0.4, -0.2) is 33.8 Å². The zero-order valence-electron chi connectivity index (χ0n) is 19.2. The van der Waals surface area contributed by atoms with Crippen molar-refractivity contribution in [3.63, 3.8) is 0 Å². The van der Waals surface area contributed by atoms with Crippen LogP contribution in [0.4, 0.5) is 5.69 Å². The van der Waals surface area contributed by atoms with Gasteiger partial charge >= 0.3 is 5.97 Å². The van der Waals surface area contributed by atoms with E-state index < -0.39 is 5.97 Å². The number of nitrogens with one attached hydrogen (secondary N) is 1. The third-order valence-corrected chi connectivity index (χ3v) is 6.82. The molecule has 2 heterocycles. The molecule has 1 unspecified atom stereocenters. The van der Waals surface area contributed by atoms with Crippen LogP contribution in [0.5, 0.6) is 5.75 Å². The van der Waals surface area contributed by atoms with Crippen molar-refractivity contribution >= 4 is 17.6 Å². The van der Waals surface area contributed by atoms with Crippen molar-refractivity contribution in [1.29, 1.82) is 5.26 Å². The van der Waals surface area contributed by atoms with Gasteiger partial charge < -0.3 is 19.6 Å². The number of hydrogen-bond donors (Lipinski definition) is 2. The molecular weight excluding hydrogens is 448 g/mol. The lowest BCUT2D eigenvalue weighted by Crippen LogP contribution is -2.27. The molecule has 1 fully saturated rings. The lowest BCUT2D eigenvalue weighted by molar-refractivity contribution is -0.137. The molecule has 35 heavy (non-hydrogen) atoms. The number of hydrogen-bond acceptors (Lipinski definition) is 7. The summed E-state index contributed by atoms with van der Waals surface area (Å²) in [6.07, 6.45) is 2.38. The molecule has 2 N–H and O–H groups in total. The summed E-state index contributed by atoms with van der Waals surface area (Å²) in [7, 11) is 0. The third kappa shape index (κ3) is 4.35. The summed E-state index contributed by atoms with van der Waals surface area (Å²) in [6.45, 7) is 2.26. The second-order valence-electron chi connectivity index (χ2n) is 9.07. The lowest BCUT2D eigenvalue weighted by atomic mass is 9.86. The third-order valence-electron chi connectivity index (χ3n) is 6.82. The monoisotopic (exact) mass is 472 g/mol. The zero-order valence-corrected chi connectivity index (χ0v) is 19.2. The fourth-order valence-electron chi connectivity index (χ4n) is 4.92. The summed E-state index contributed by atoms with van der Waals surface area (Å²) in [5, 5.41) is 29.3. The molecule has 1 spiro atoms. The number of carboxylic acids is 1. The highest BCUT2D eigenvalue weighted by Gasteiger charge is 2.61. The van der Waals surface area contributed by atoms with Crippen molar-refractivity contribution in [2.24, 2.45) is 5.92 Å². The first-order valence-electron chi connectivity index (χ1n) is 11.5. The molecule has 2 aromatic carbocycles. The van der Waals surface area contributed by atoms with Crippen molar-refractivity contribution in [2.45, 2.75) is 44.4 Å². The normalized spacial score (nSPS) is 19.9. The largest absolute Gasteiger partial charge is 0.493 e. The van der Waals surface area contributed by atoms with Crippen LogP contribution in [0.15, 0.2) is 40.8 Å². The van der Waals surface area contributed by atoms with Crippen molar-refractivity contribution in [3.05, 3.63) is 59.0 Å². The van der Waals surface area contributed by atoms with Crippen LogP contribution < -0.4 is 10.1 Å². The van der Waals surface area contributed by atoms with Crippen LogP contribution in [0, 0.1) is 24.2 Å². The summed E-state index contributed by atoms with van der Waals surface area (Å²) in [6, 6.07) is 12.9. The number of aromatic nitrogens is 2. The Hall–Kier alpha value is -4.19. The molecule has 0 bridgehead atoms. The molecule has 2 aliphatic rings. The highest BCUT2D eigenvalue weighted by molar-refractivity contribution is 5.97. The number of rotatable bonds is 7. The minimum Gasteiger partial charge on any atom is -0.493 e. The maximum absolute atomic E-state index is 13.4. The number of carbonyl (C=O) groups excluding carboxylic acids is 1. The number of aliphatic carboxylic acids is 1. The van der Waals surface area contributed by atoms with Gasteiger partial charge in [-0.1, -0.05) is 6.07 Å². The van der Waals surface area contributed by atoms with Gasteiger partial charge in [-0.25, -0.2) is 0 Å². The van der Waals surface area contributed by atoms with Gasteiger partial charge in [-0.3, -0.25) is 9.59 Å². The minimum absolute atomic E-state index is 0.0395. The number of nitrogens with zero attached hydrogens (tertiary/aromatic N) is 3. The number of benzene rings is 2. The predicted octanol–water partition coefficient (Wildman–Crippen LogP) is 4.00. The van der Waals surface area contributed by atoms with Crippen LogP contribution in [0.25, 0.3) is 11.5 Å². The van der Waals surface area contributed by atoms with Gasteiger partial charge in [-0.15, -0.1) is 10.2 Å². The van der Waals surface area contributed by atoms with Gasteiger partial charge in [0.2, 0.25) is 17.7 Å². The Kier molecular flexibility index (Phi) is 5.73. The zero-order chi connectivity index (χ0) is 24.6. The molecule has 9 heteroatoms. The van der Waals surface area contributed by atoms with Gasteiger partial charge in [0.05, 0.1) is 18.2 Å². The summed E-state index contributed by atoms with van der Waals surface area (Å²) < 4.78 is 11.5. The fourth-order valence-corrected chi connectivity index (χ4v) is 4.92. The number of fused-ring (bicyclic) bond motifs is 2. The molecule has 0 saturated heterocycles. The number of carbonyl (C=O) groups is 2. The number of anilines is 1. The molecule has 3 aromatic rings. The summed E-state index contributed by atoms with van der Waals surface area (Å²) >= 11 is 0. The van der Waals surface area contributed by atoms with Crippen LogP contribution >= 0.6 is 0 Å². The Labute approximate surface area is 201 Å². The second kappa shape index (κ2) is 8.87. The van der Waals surface area contributed by atoms with Crippen LogP contribution in [0.3, 0.4) is 0 Å². The van der Waals surface area contributed by atoms with Gasteiger partial charge in [0, 0.05) is 41.5 Å². The van der Waals surface area contributed by atoms with E-state index in [1.54, 1.807) is 25.1 Å². The van der Waals surface area contributed by atoms with Gasteiger partial charge in [0.15, 0.2) is 0 Å². The first-order chi connectivity index (χ1) is 16.9. The Morgan fingerprint density at radius 3 is 2.86 bits per heavy atom. The van der Waals surface area contributed by atoms with Crippen molar-refractivity contribution in [2.75, 3.05) is 11.9 Å². The van der Waals surface area contributed by atoms with E-state index in [2.05, 4.69) is 21.6 Å². The first kappa shape index (κ1) is 22.6. The van der Waals surface area contributed by atoms with E-state index in [9.17, 15) is 14.9 Å². The molecule has 0 radical (unpaired) electrons. The van der Waals surface area contributed by atoms with Crippen LogP contribution in [0.1, 0.15) is 48.3 Å². The highest BCUT2D eigenvalue weighted by Crippen LogP contribution is 2.61.